The largest absolute Gasteiger partial charge is 0.0991 e. The van der Waals surface area contributed by atoms with Gasteiger partial charge < -0.3 is 0 Å². The van der Waals surface area contributed by atoms with E-state index in [2.05, 4.69) is 44.7 Å². The average molecular weight is 234 g/mol. The number of hydrogen-bond acceptors (Lipinski definition) is 0. The van der Waals surface area contributed by atoms with Crippen LogP contribution >= 0.6 is 0 Å². The summed E-state index contributed by atoms with van der Waals surface area (Å²) in [4.78, 5) is 0. The van der Waals surface area contributed by atoms with Crippen LogP contribution in [-0.2, 0) is 0 Å². The minimum absolute atomic E-state index is 1.33. The van der Waals surface area contributed by atoms with Crippen LogP contribution in [0.3, 0.4) is 0 Å². The van der Waals surface area contributed by atoms with Gasteiger partial charge in [0.25, 0.3) is 0 Å². The molecule has 0 aliphatic rings. The SMILES string of the molecule is C=C/C=C\C.CC.CC.Cc1ccc(C)cc1. The van der Waals surface area contributed by atoms with E-state index < -0.39 is 0 Å². The molecule has 0 atom stereocenters. The van der Waals surface area contributed by atoms with Crippen molar-refractivity contribution in [2.45, 2.75) is 48.5 Å². The third-order valence-corrected chi connectivity index (χ3v) is 1.55. The van der Waals surface area contributed by atoms with Gasteiger partial charge in [0.05, 0.1) is 0 Å². The minimum Gasteiger partial charge on any atom is -0.0991 e. The van der Waals surface area contributed by atoms with Gasteiger partial charge in [0.15, 0.2) is 0 Å². The summed E-state index contributed by atoms with van der Waals surface area (Å²) in [7, 11) is 0. The van der Waals surface area contributed by atoms with Crippen LogP contribution in [0.5, 0.6) is 0 Å². The van der Waals surface area contributed by atoms with Crippen LogP contribution in [0.1, 0.15) is 45.7 Å². The maximum atomic E-state index is 3.46. The molecule has 0 unspecified atom stereocenters. The molecule has 0 amide bonds. The molecule has 0 nitrogen and oxygen atoms in total. The Bertz CT molecular complexity index is 231. The van der Waals surface area contributed by atoms with Gasteiger partial charge in [-0.15, -0.1) is 0 Å². The highest BCUT2D eigenvalue weighted by molar-refractivity contribution is 5.19. The molecule has 0 aliphatic heterocycles. The molecule has 17 heavy (non-hydrogen) atoms. The molecule has 0 heteroatoms. The van der Waals surface area contributed by atoms with E-state index >= 15 is 0 Å². The van der Waals surface area contributed by atoms with Crippen molar-refractivity contribution in [1.29, 1.82) is 0 Å². The lowest BCUT2D eigenvalue weighted by Gasteiger charge is -1.90. The van der Waals surface area contributed by atoms with Gasteiger partial charge in [0.1, 0.15) is 0 Å². The van der Waals surface area contributed by atoms with Gasteiger partial charge in [-0.3, -0.25) is 0 Å². The second-order valence-corrected chi connectivity index (χ2v) is 2.92. The van der Waals surface area contributed by atoms with Gasteiger partial charge in [-0.2, -0.15) is 0 Å². The van der Waals surface area contributed by atoms with Crippen molar-refractivity contribution < 1.29 is 0 Å². The minimum atomic E-state index is 1.33. The predicted molar refractivity (Wildman–Crippen MR) is 83.6 cm³/mol. The van der Waals surface area contributed by atoms with Crippen molar-refractivity contribution >= 4 is 0 Å². The van der Waals surface area contributed by atoms with E-state index in [1.807, 2.05) is 46.8 Å². The van der Waals surface area contributed by atoms with Gasteiger partial charge in [-0.1, -0.05) is 87.9 Å². The Morgan fingerprint density at radius 2 is 1.12 bits per heavy atom. The van der Waals surface area contributed by atoms with E-state index in [1.165, 1.54) is 11.1 Å². The molecular weight excluding hydrogens is 204 g/mol. The van der Waals surface area contributed by atoms with Crippen molar-refractivity contribution in [2.24, 2.45) is 0 Å². The normalized spacial score (nSPS) is 7.71. The summed E-state index contributed by atoms with van der Waals surface area (Å²) >= 11 is 0. The molecule has 1 rings (SSSR count). The third kappa shape index (κ3) is 20.7. The summed E-state index contributed by atoms with van der Waals surface area (Å²) in [6, 6.07) is 8.48. The molecule has 0 fully saturated rings. The fraction of sp³-hybridized carbons (Fsp3) is 0.412. The smallest absolute Gasteiger partial charge is 0.0398 e. The molecule has 1 aromatic carbocycles. The molecule has 0 heterocycles. The van der Waals surface area contributed by atoms with Crippen LogP contribution in [0, 0.1) is 13.8 Å². The molecule has 0 N–H and O–H groups in total. The number of aryl methyl sites for hydroxylation is 2. The van der Waals surface area contributed by atoms with Crippen molar-refractivity contribution in [3.8, 4) is 0 Å². The van der Waals surface area contributed by atoms with E-state index in [-0.39, 0.29) is 0 Å². The van der Waals surface area contributed by atoms with Crippen LogP contribution < -0.4 is 0 Å². The van der Waals surface area contributed by atoms with Gasteiger partial charge in [0.2, 0.25) is 0 Å². The molecule has 0 aliphatic carbocycles. The summed E-state index contributed by atoms with van der Waals surface area (Å²) in [6.45, 7) is 17.6. The Kier molecular flexibility index (Phi) is 24.9. The van der Waals surface area contributed by atoms with Gasteiger partial charge >= 0.3 is 0 Å². The topological polar surface area (TPSA) is 0 Å². The van der Waals surface area contributed by atoms with Gasteiger partial charge in [-0.25, -0.2) is 0 Å². The van der Waals surface area contributed by atoms with Crippen molar-refractivity contribution in [1.82, 2.24) is 0 Å². The zero-order valence-corrected chi connectivity index (χ0v) is 12.7. The summed E-state index contributed by atoms with van der Waals surface area (Å²) in [6.07, 6.45) is 5.58. The van der Waals surface area contributed by atoms with E-state index in [0.717, 1.165) is 0 Å². The summed E-state index contributed by atoms with van der Waals surface area (Å²) in [5.41, 5.74) is 2.66. The standard InChI is InChI=1S/C8H10.C5H8.2C2H6/c1-7-3-5-8(2)6-4-7;1-3-5-4-2;2*1-2/h3-6H,1-2H3;3-5H,1H2,2H3;2*1-2H3/b;5-4-;;. The molecule has 98 valence electrons. The number of allylic oxidation sites excluding steroid dienone is 3. The molecule has 0 spiro atoms. The molecule has 0 saturated heterocycles. The van der Waals surface area contributed by atoms with Crippen LogP contribution in [0.4, 0.5) is 0 Å². The first kappa shape index (κ1) is 21.0. The highest BCUT2D eigenvalue weighted by atomic mass is 13.9. The third-order valence-electron chi connectivity index (χ3n) is 1.55. The average Bonchev–Trinajstić information content (AvgIpc) is 2.40. The zero-order valence-electron chi connectivity index (χ0n) is 12.7. The summed E-state index contributed by atoms with van der Waals surface area (Å²) in [5.74, 6) is 0. The Morgan fingerprint density at radius 1 is 0.824 bits per heavy atom. The first-order valence-corrected chi connectivity index (χ1v) is 6.47. The Hall–Kier alpha value is -1.30. The highest BCUT2D eigenvalue weighted by Gasteiger charge is 1.79. The lowest BCUT2D eigenvalue weighted by molar-refractivity contribution is 1.40. The van der Waals surface area contributed by atoms with Crippen LogP contribution in [0.2, 0.25) is 0 Å². The van der Waals surface area contributed by atoms with Gasteiger partial charge in [0, 0.05) is 0 Å². The second kappa shape index (κ2) is 20.2. The fourth-order valence-electron chi connectivity index (χ4n) is 0.773. The van der Waals surface area contributed by atoms with Crippen molar-refractivity contribution in [3.63, 3.8) is 0 Å². The fourth-order valence-corrected chi connectivity index (χ4v) is 0.773. The molecule has 0 aromatic heterocycles. The molecule has 1 aromatic rings. The lowest BCUT2D eigenvalue weighted by atomic mass is 10.2. The maximum absolute atomic E-state index is 3.46. The molecule has 0 radical (unpaired) electrons. The van der Waals surface area contributed by atoms with E-state index in [9.17, 15) is 0 Å². The molecule has 0 saturated carbocycles. The Labute approximate surface area is 109 Å². The van der Waals surface area contributed by atoms with Gasteiger partial charge in [-0.05, 0) is 20.8 Å². The molecular formula is C17H30. The summed E-state index contributed by atoms with van der Waals surface area (Å²) < 4.78 is 0. The Morgan fingerprint density at radius 3 is 1.24 bits per heavy atom. The van der Waals surface area contributed by atoms with E-state index in [4.69, 9.17) is 0 Å². The van der Waals surface area contributed by atoms with Crippen LogP contribution in [0.15, 0.2) is 49.1 Å². The van der Waals surface area contributed by atoms with Crippen LogP contribution in [0.25, 0.3) is 0 Å². The lowest BCUT2D eigenvalue weighted by Crippen LogP contribution is -1.70. The summed E-state index contributed by atoms with van der Waals surface area (Å²) in [5, 5.41) is 0. The van der Waals surface area contributed by atoms with Crippen molar-refractivity contribution in [2.75, 3.05) is 0 Å². The molecule has 0 bridgehead atoms. The van der Waals surface area contributed by atoms with E-state index in [0.29, 0.717) is 0 Å². The number of benzene rings is 1. The highest BCUT2D eigenvalue weighted by Crippen LogP contribution is 1.99. The first-order valence-electron chi connectivity index (χ1n) is 6.47. The Balaban J connectivity index is -0.000000190. The monoisotopic (exact) mass is 234 g/mol. The quantitative estimate of drug-likeness (QED) is 0.515. The van der Waals surface area contributed by atoms with E-state index in [1.54, 1.807) is 6.08 Å². The number of rotatable bonds is 1. The van der Waals surface area contributed by atoms with Crippen LogP contribution in [-0.4, -0.2) is 0 Å². The maximum Gasteiger partial charge on any atom is -0.0398 e. The number of hydrogen-bond donors (Lipinski definition) is 0. The zero-order chi connectivity index (χ0) is 14.1. The predicted octanol–water partition coefficient (Wildman–Crippen LogP) is 6.10. The first-order chi connectivity index (χ1) is 8.20. The second-order valence-electron chi connectivity index (χ2n) is 2.92. The van der Waals surface area contributed by atoms with Crippen molar-refractivity contribution in [3.05, 3.63) is 60.2 Å².